The number of carboxylic acid groups (broad SMARTS) is 4. The van der Waals surface area contributed by atoms with E-state index in [4.69, 9.17) is 20.4 Å². The Morgan fingerprint density at radius 2 is 1.28 bits per heavy atom. The Morgan fingerprint density at radius 1 is 0.828 bits per heavy atom. The van der Waals surface area contributed by atoms with E-state index < -0.39 is 66.3 Å². The summed E-state index contributed by atoms with van der Waals surface area (Å²) in [7, 11) is 0. The average molecular weight is 414 g/mol. The highest BCUT2D eigenvalue weighted by atomic mass is 16.4. The highest BCUT2D eigenvalue weighted by Gasteiger charge is 2.25. The number of aromatic nitrogens is 2. The number of nitrogens with one attached hydrogen (secondary N) is 3. The van der Waals surface area contributed by atoms with E-state index >= 15 is 0 Å². The zero-order valence-electron chi connectivity index (χ0n) is 14.7. The van der Waals surface area contributed by atoms with Crippen LogP contribution in [0.5, 0.6) is 0 Å². The van der Waals surface area contributed by atoms with E-state index in [2.05, 4.69) is 20.8 Å². The standard InChI is InChI=1S/C15H18N4O10/c20-10(21)3-1-6(14(26)27)16-12(24)8-5-9(19-18-8)13(25)17-7(15(28)29)2-4-11(22)23/h5-7H,1-4H2,(H,16,24)(H,17,25)(H,18,19)(H,20,21)(H,22,23)(H,26,27)(H,28,29)/t6-,7-/m0/s1. The van der Waals surface area contributed by atoms with Gasteiger partial charge in [-0.15, -0.1) is 0 Å². The molecule has 0 saturated heterocycles. The summed E-state index contributed by atoms with van der Waals surface area (Å²) in [6.07, 6.45) is -1.75. The smallest absolute Gasteiger partial charge is 0.326 e. The number of carbonyl (C=O) groups is 6. The molecule has 0 radical (unpaired) electrons. The lowest BCUT2D eigenvalue weighted by Crippen LogP contribution is -2.41. The van der Waals surface area contributed by atoms with Crippen LogP contribution in [-0.4, -0.2) is 78.4 Å². The summed E-state index contributed by atoms with van der Waals surface area (Å²) in [4.78, 5) is 67.4. The number of carboxylic acids is 4. The molecule has 0 aliphatic carbocycles. The fourth-order valence-electron chi connectivity index (χ4n) is 2.07. The Balaban J connectivity index is 2.78. The van der Waals surface area contributed by atoms with Crippen LogP contribution in [0, 0.1) is 0 Å². The van der Waals surface area contributed by atoms with Crippen molar-refractivity contribution < 1.29 is 49.2 Å². The van der Waals surface area contributed by atoms with E-state index in [1.165, 1.54) is 0 Å². The van der Waals surface area contributed by atoms with Crippen molar-refractivity contribution in [3.05, 3.63) is 17.5 Å². The van der Waals surface area contributed by atoms with Crippen molar-refractivity contribution in [2.45, 2.75) is 37.8 Å². The molecule has 14 heteroatoms. The van der Waals surface area contributed by atoms with Crippen molar-refractivity contribution in [1.29, 1.82) is 0 Å². The maximum atomic E-state index is 12.1. The van der Waals surface area contributed by atoms with E-state index in [9.17, 15) is 28.8 Å². The van der Waals surface area contributed by atoms with Gasteiger partial charge >= 0.3 is 23.9 Å². The summed E-state index contributed by atoms with van der Waals surface area (Å²) in [5.74, 6) is -7.40. The zero-order valence-corrected chi connectivity index (χ0v) is 14.7. The van der Waals surface area contributed by atoms with Gasteiger partial charge in [-0.2, -0.15) is 5.10 Å². The predicted octanol–water partition coefficient (Wildman–Crippen LogP) is -1.49. The van der Waals surface area contributed by atoms with Gasteiger partial charge in [0.05, 0.1) is 0 Å². The molecule has 0 aromatic carbocycles. The molecule has 1 aromatic heterocycles. The molecule has 2 amide bonds. The number of H-pyrrole nitrogens is 1. The Labute approximate surface area is 161 Å². The number of amides is 2. The van der Waals surface area contributed by atoms with E-state index in [0.717, 1.165) is 6.07 Å². The molecule has 1 rings (SSSR count). The second kappa shape index (κ2) is 10.4. The number of hydrogen-bond acceptors (Lipinski definition) is 7. The normalized spacial score (nSPS) is 12.4. The summed E-state index contributed by atoms with van der Waals surface area (Å²) in [5, 5.41) is 45.1. The molecular formula is C15H18N4O10. The molecule has 0 bridgehead atoms. The third-order valence-electron chi connectivity index (χ3n) is 3.56. The Kier molecular flexibility index (Phi) is 8.26. The van der Waals surface area contributed by atoms with E-state index in [-0.39, 0.29) is 18.5 Å². The lowest BCUT2D eigenvalue weighted by atomic mass is 10.1. The number of aromatic amines is 1. The minimum Gasteiger partial charge on any atom is -0.481 e. The van der Waals surface area contributed by atoms with Gasteiger partial charge in [-0.1, -0.05) is 0 Å². The van der Waals surface area contributed by atoms with Crippen LogP contribution in [0.4, 0.5) is 0 Å². The van der Waals surface area contributed by atoms with Gasteiger partial charge in [-0.05, 0) is 12.8 Å². The molecule has 0 unspecified atom stereocenters. The van der Waals surface area contributed by atoms with Crippen molar-refractivity contribution in [2.24, 2.45) is 0 Å². The molecule has 0 saturated carbocycles. The summed E-state index contributed by atoms with van der Waals surface area (Å²) < 4.78 is 0. The SMILES string of the molecule is O=C(O)CC[C@H](NC(=O)c1cc(C(=O)N[C@@H](CCC(=O)O)C(=O)O)[nH]n1)C(=O)O. The third kappa shape index (κ3) is 7.66. The number of hydrogen-bond donors (Lipinski definition) is 7. The van der Waals surface area contributed by atoms with Crippen LogP contribution in [0.15, 0.2) is 6.07 Å². The molecule has 7 N–H and O–H groups in total. The van der Waals surface area contributed by atoms with Crippen LogP contribution in [-0.2, 0) is 19.2 Å². The third-order valence-corrected chi connectivity index (χ3v) is 3.56. The molecule has 14 nitrogen and oxygen atoms in total. The lowest BCUT2D eigenvalue weighted by molar-refractivity contribution is -0.142. The van der Waals surface area contributed by atoms with Gasteiger partial charge in [0, 0.05) is 18.9 Å². The second-order valence-corrected chi connectivity index (χ2v) is 5.76. The van der Waals surface area contributed by atoms with Gasteiger partial charge in [0.15, 0.2) is 5.69 Å². The quantitative estimate of drug-likeness (QED) is 0.208. The summed E-state index contributed by atoms with van der Waals surface area (Å²) in [6, 6.07) is -2.07. The van der Waals surface area contributed by atoms with E-state index in [1.54, 1.807) is 0 Å². The van der Waals surface area contributed by atoms with Crippen LogP contribution in [0.1, 0.15) is 46.7 Å². The molecular weight excluding hydrogens is 396 g/mol. The van der Waals surface area contributed by atoms with Gasteiger partial charge < -0.3 is 31.1 Å². The lowest BCUT2D eigenvalue weighted by Gasteiger charge is -2.12. The number of nitrogens with zero attached hydrogens (tertiary/aromatic N) is 1. The van der Waals surface area contributed by atoms with E-state index in [0.29, 0.717) is 0 Å². The van der Waals surface area contributed by atoms with Crippen LogP contribution in [0.2, 0.25) is 0 Å². The summed E-state index contributed by atoms with van der Waals surface area (Å²) in [6.45, 7) is 0. The molecule has 2 atom stereocenters. The first kappa shape index (κ1) is 23.1. The van der Waals surface area contributed by atoms with E-state index in [1.807, 2.05) is 0 Å². The Morgan fingerprint density at radius 3 is 1.69 bits per heavy atom. The fraction of sp³-hybridized carbons (Fsp3) is 0.400. The zero-order chi connectivity index (χ0) is 22.1. The molecule has 158 valence electrons. The molecule has 1 heterocycles. The molecule has 1 aromatic rings. The minimum atomic E-state index is -1.50. The van der Waals surface area contributed by atoms with Gasteiger partial charge in [-0.3, -0.25) is 24.3 Å². The van der Waals surface area contributed by atoms with Crippen molar-refractivity contribution in [1.82, 2.24) is 20.8 Å². The molecule has 0 aliphatic heterocycles. The topological polar surface area (TPSA) is 236 Å². The Hall–Kier alpha value is -3.97. The minimum absolute atomic E-state index is 0.325. The summed E-state index contributed by atoms with van der Waals surface area (Å²) >= 11 is 0. The van der Waals surface area contributed by atoms with Crippen LogP contribution >= 0.6 is 0 Å². The van der Waals surface area contributed by atoms with Gasteiger partial charge in [0.2, 0.25) is 0 Å². The molecule has 29 heavy (non-hydrogen) atoms. The first-order valence-electron chi connectivity index (χ1n) is 8.07. The number of aliphatic carboxylic acids is 4. The van der Waals surface area contributed by atoms with Crippen molar-refractivity contribution in [3.63, 3.8) is 0 Å². The van der Waals surface area contributed by atoms with Gasteiger partial charge in [0.25, 0.3) is 11.8 Å². The largest absolute Gasteiger partial charge is 0.481 e. The maximum Gasteiger partial charge on any atom is 0.326 e. The number of carbonyl (C=O) groups excluding carboxylic acids is 2. The van der Waals surface area contributed by atoms with Crippen molar-refractivity contribution >= 4 is 35.7 Å². The fourth-order valence-corrected chi connectivity index (χ4v) is 2.07. The Bertz CT molecular complexity index is 753. The maximum absolute atomic E-state index is 12.1. The first-order chi connectivity index (χ1) is 13.5. The highest BCUT2D eigenvalue weighted by molar-refractivity contribution is 5.99. The van der Waals surface area contributed by atoms with Crippen molar-refractivity contribution in [3.8, 4) is 0 Å². The molecule has 0 spiro atoms. The van der Waals surface area contributed by atoms with Crippen molar-refractivity contribution in [2.75, 3.05) is 0 Å². The number of rotatable bonds is 12. The predicted molar refractivity (Wildman–Crippen MR) is 90.1 cm³/mol. The molecule has 0 fully saturated rings. The summed E-state index contributed by atoms with van der Waals surface area (Å²) in [5.41, 5.74) is -0.719. The second-order valence-electron chi connectivity index (χ2n) is 5.76. The van der Waals surface area contributed by atoms with Gasteiger partial charge in [0.1, 0.15) is 17.8 Å². The molecule has 0 aliphatic rings. The average Bonchev–Trinajstić information content (AvgIpc) is 3.11. The highest BCUT2D eigenvalue weighted by Crippen LogP contribution is 2.05. The monoisotopic (exact) mass is 414 g/mol. The van der Waals surface area contributed by atoms with Crippen LogP contribution < -0.4 is 10.6 Å². The van der Waals surface area contributed by atoms with Crippen LogP contribution in [0.25, 0.3) is 0 Å². The first-order valence-corrected chi connectivity index (χ1v) is 8.07. The van der Waals surface area contributed by atoms with Crippen LogP contribution in [0.3, 0.4) is 0 Å². The van der Waals surface area contributed by atoms with Gasteiger partial charge in [-0.25, -0.2) is 9.59 Å².